The Hall–Kier alpha value is -1.46. The quantitative estimate of drug-likeness (QED) is 0.859. The molecule has 1 aliphatic rings. The van der Waals surface area contributed by atoms with Crippen LogP contribution in [0.15, 0.2) is 24.3 Å². The van der Waals surface area contributed by atoms with E-state index in [1.54, 1.807) is 6.07 Å². The van der Waals surface area contributed by atoms with Crippen molar-refractivity contribution in [3.8, 4) is 0 Å². The van der Waals surface area contributed by atoms with Crippen molar-refractivity contribution in [2.45, 2.75) is 25.5 Å². The molecule has 1 fully saturated rings. The van der Waals surface area contributed by atoms with Crippen molar-refractivity contribution in [3.63, 3.8) is 0 Å². The summed E-state index contributed by atoms with van der Waals surface area (Å²) < 4.78 is 18.5. The minimum atomic E-state index is -0.251. The summed E-state index contributed by atoms with van der Waals surface area (Å²) in [6, 6.07) is 6.43. The van der Waals surface area contributed by atoms with Crippen LogP contribution in [0, 0.1) is 5.82 Å². The van der Waals surface area contributed by atoms with Crippen LogP contribution in [0.2, 0.25) is 0 Å². The number of carbonyl (C=O) groups excluding carboxylic acids is 1. The predicted molar refractivity (Wildman–Crippen MR) is 74.7 cm³/mol. The fraction of sp³-hybridized carbons (Fsp3) is 0.533. The molecule has 1 atom stereocenters. The maximum absolute atomic E-state index is 13.1. The summed E-state index contributed by atoms with van der Waals surface area (Å²) in [5.41, 5.74) is 0.861. The van der Waals surface area contributed by atoms with Gasteiger partial charge in [0, 0.05) is 19.7 Å². The number of benzene rings is 1. The van der Waals surface area contributed by atoms with Gasteiger partial charge in [0.25, 0.3) is 0 Å². The lowest BCUT2D eigenvalue weighted by atomic mass is 10.2. The van der Waals surface area contributed by atoms with Crippen LogP contribution in [-0.2, 0) is 16.1 Å². The Morgan fingerprint density at radius 2 is 2.40 bits per heavy atom. The zero-order chi connectivity index (χ0) is 14.4. The van der Waals surface area contributed by atoms with Gasteiger partial charge in [-0.15, -0.1) is 0 Å². The molecule has 1 heterocycles. The Labute approximate surface area is 118 Å². The highest BCUT2D eigenvalue weighted by molar-refractivity contribution is 5.78. The van der Waals surface area contributed by atoms with Gasteiger partial charge in [0.2, 0.25) is 5.91 Å². The van der Waals surface area contributed by atoms with Crippen LogP contribution in [-0.4, -0.2) is 43.7 Å². The number of carbonyl (C=O) groups is 1. The van der Waals surface area contributed by atoms with Gasteiger partial charge in [0.15, 0.2) is 0 Å². The lowest BCUT2D eigenvalue weighted by molar-refractivity contribution is -0.122. The fourth-order valence-corrected chi connectivity index (χ4v) is 2.34. The number of ether oxygens (including phenoxy) is 1. The smallest absolute Gasteiger partial charge is 0.234 e. The van der Waals surface area contributed by atoms with Gasteiger partial charge in [-0.3, -0.25) is 9.69 Å². The largest absolute Gasteiger partial charge is 0.376 e. The molecule has 110 valence electrons. The predicted octanol–water partition coefficient (Wildman–Crippen LogP) is 1.55. The van der Waals surface area contributed by atoms with Crippen molar-refractivity contribution in [2.24, 2.45) is 0 Å². The SMILES string of the molecule is CN(CC(=O)NCC1CCCO1)Cc1cccc(F)c1. The van der Waals surface area contributed by atoms with Gasteiger partial charge in [-0.1, -0.05) is 12.1 Å². The van der Waals surface area contributed by atoms with E-state index < -0.39 is 0 Å². The van der Waals surface area contributed by atoms with Crippen molar-refractivity contribution in [1.29, 1.82) is 0 Å². The van der Waals surface area contributed by atoms with Gasteiger partial charge in [-0.25, -0.2) is 4.39 Å². The average molecular weight is 280 g/mol. The second-order valence-electron chi connectivity index (χ2n) is 5.24. The van der Waals surface area contributed by atoms with E-state index in [2.05, 4.69) is 5.32 Å². The second kappa shape index (κ2) is 7.36. The lowest BCUT2D eigenvalue weighted by Crippen LogP contribution is -2.38. The third kappa shape index (κ3) is 4.90. The minimum absolute atomic E-state index is 0.0283. The molecule has 1 N–H and O–H groups in total. The summed E-state index contributed by atoms with van der Waals surface area (Å²) in [5.74, 6) is -0.280. The van der Waals surface area contributed by atoms with Gasteiger partial charge in [-0.2, -0.15) is 0 Å². The highest BCUT2D eigenvalue weighted by Gasteiger charge is 2.16. The second-order valence-corrected chi connectivity index (χ2v) is 5.24. The van der Waals surface area contributed by atoms with Crippen LogP contribution in [0.1, 0.15) is 18.4 Å². The number of halogens is 1. The van der Waals surface area contributed by atoms with Gasteiger partial charge in [-0.05, 0) is 37.6 Å². The van der Waals surface area contributed by atoms with Crippen molar-refractivity contribution >= 4 is 5.91 Å². The van der Waals surface area contributed by atoms with Gasteiger partial charge in [0.1, 0.15) is 5.82 Å². The van der Waals surface area contributed by atoms with Crippen LogP contribution < -0.4 is 5.32 Å². The first-order valence-electron chi connectivity index (χ1n) is 6.95. The van der Waals surface area contributed by atoms with Crippen LogP contribution >= 0.6 is 0 Å². The van der Waals surface area contributed by atoms with Crippen molar-refractivity contribution in [2.75, 3.05) is 26.7 Å². The highest BCUT2D eigenvalue weighted by atomic mass is 19.1. The topological polar surface area (TPSA) is 41.6 Å². The minimum Gasteiger partial charge on any atom is -0.376 e. The summed E-state index contributed by atoms with van der Waals surface area (Å²) in [4.78, 5) is 13.6. The normalized spacial score (nSPS) is 18.4. The molecule has 0 spiro atoms. The van der Waals surface area contributed by atoms with Gasteiger partial charge >= 0.3 is 0 Å². The summed E-state index contributed by atoms with van der Waals surface area (Å²) in [5, 5.41) is 2.87. The van der Waals surface area contributed by atoms with Crippen molar-refractivity contribution < 1.29 is 13.9 Å². The van der Waals surface area contributed by atoms with E-state index in [1.807, 2.05) is 18.0 Å². The molecule has 0 radical (unpaired) electrons. The van der Waals surface area contributed by atoms with Crippen LogP contribution in [0.5, 0.6) is 0 Å². The molecule has 5 heteroatoms. The molecule has 20 heavy (non-hydrogen) atoms. The Morgan fingerprint density at radius 1 is 1.55 bits per heavy atom. The first kappa shape index (κ1) is 14.9. The number of hydrogen-bond acceptors (Lipinski definition) is 3. The number of amides is 1. The van der Waals surface area contributed by atoms with E-state index in [-0.39, 0.29) is 17.8 Å². The summed E-state index contributed by atoms with van der Waals surface area (Å²) in [6.45, 7) is 2.21. The molecule has 0 saturated carbocycles. The van der Waals surface area contributed by atoms with E-state index in [0.29, 0.717) is 19.6 Å². The maximum Gasteiger partial charge on any atom is 0.234 e. The molecule has 1 aliphatic heterocycles. The molecule has 0 bridgehead atoms. The molecule has 1 unspecified atom stereocenters. The highest BCUT2D eigenvalue weighted by Crippen LogP contribution is 2.10. The van der Waals surface area contributed by atoms with E-state index in [0.717, 1.165) is 25.0 Å². The molecule has 4 nitrogen and oxygen atoms in total. The van der Waals surface area contributed by atoms with Crippen molar-refractivity contribution in [3.05, 3.63) is 35.6 Å². The molecule has 1 amide bonds. The average Bonchev–Trinajstić information content (AvgIpc) is 2.89. The molecule has 1 aromatic carbocycles. The van der Waals surface area contributed by atoms with E-state index >= 15 is 0 Å². The fourth-order valence-electron chi connectivity index (χ4n) is 2.34. The lowest BCUT2D eigenvalue weighted by Gasteiger charge is -2.17. The van der Waals surface area contributed by atoms with Gasteiger partial charge in [0.05, 0.1) is 12.6 Å². The Morgan fingerprint density at radius 3 is 3.10 bits per heavy atom. The van der Waals surface area contributed by atoms with Gasteiger partial charge < -0.3 is 10.1 Å². The number of nitrogens with zero attached hydrogens (tertiary/aromatic N) is 1. The molecular formula is C15H21FN2O2. The molecular weight excluding hydrogens is 259 g/mol. The number of nitrogens with one attached hydrogen (secondary N) is 1. The van der Waals surface area contributed by atoms with Crippen molar-refractivity contribution in [1.82, 2.24) is 10.2 Å². The summed E-state index contributed by atoms with van der Waals surface area (Å²) >= 11 is 0. The molecule has 0 aliphatic carbocycles. The number of likely N-dealkylation sites (N-methyl/N-ethyl adjacent to an activating group) is 1. The Kier molecular flexibility index (Phi) is 5.49. The van der Waals surface area contributed by atoms with Crippen LogP contribution in [0.25, 0.3) is 0 Å². The monoisotopic (exact) mass is 280 g/mol. The third-order valence-corrected chi connectivity index (χ3v) is 3.31. The molecule has 0 aromatic heterocycles. The standard InChI is InChI=1S/C15H21FN2O2/c1-18(10-12-4-2-5-13(16)8-12)11-15(19)17-9-14-6-3-7-20-14/h2,4-5,8,14H,3,6-7,9-11H2,1H3,(H,17,19). The zero-order valence-electron chi connectivity index (χ0n) is 11.8. The summed E-state index contributed by atoms with van der Waals surface area (Å²) in [6.07, 6.45) is 2.24. The first-order chi connectivity index (χ1) is 9.63. The maximum atomic E-state index is 13.1. The zero-order valence-corrected chi connectivity index (χ0v) is 11.8. The van der Waals surface area contributed by atoms with E-state index in [4.69, 9.17) is 4.74 Å². The van der Waals surface area contributed by atoms with Crippen LogP contribution in [0.3, 0.4) is 0 Å². The van der Waals surface area contributed by atoms with E-state index in [9.17, 15) is 9.18 Å². The Balaban J connectivity index is 1.70. The summed E-state index contributed by atoms with van der Waals surface area (Å²) in [7, 11) is 1.84. The third-order valence-electron chi connectivity index (χ3n) is 3.31. The molecule has 1 aromatic rings. The molecule has 1 saturated heterocycles. The first-order valence-corrected chi connectivity index (χ1v) is 6.95. The molecule has 2 rings (SSSR count). The number of rotatable bonds is 6. The van der Waals surface area contributed by atoms with Crippen LogP contribution in [0.4, 0.5) is 4.39 Å². The number of hydrogen-bond donors (Lipinski definition) is 1. The van der Waals surface area contributed by atoms with E-state index in [1.165, 1.54) is 12.1 Å². The Bertz CT molecular complexity index is 447.